The first kappa shape index (κ1) is 17.1. The molecule has 1 heteroatoms. The zero-order valence-electron chi connectivity index (χ0n) is 10.9. The fourth-order valence-corrected chi connectivity index (χ4v) is 2.36. The van der Waals surface area contributed by atoms with Crippen LogP contribution in [0.2, 0.25) is 0 Å². The van der Waals surface area contributed by atoms with Gasteiger partial charge in [-0.1, -0.05) is 70.6 Å². The quantitative estimate of drug-likeness (QED) is 0.555. The summed E-state index contributed by atoms with van der Waals surface area (Å²) in [4.78, 5) is 0. The molecule has 0 nitrogen and oxygen atoms in total. The summed E-state index contributed by atoms with van der Waals surface area (Å²) in [6.07, 6.45) is 23.5. The number of rotatable bonds is 0. The normalized spacial score (nSPS) is 22.5. The molecule has 0 aromatic carbocycles. The molecule has 0 aromatic heterocycles. The Hall–Kier alpha value is 1.10. The van der Waals surface area contributed by atoms with Crippen molar-refractivity contribution in [3.63, 3.8) is 0 Å². The summed E-state index contributed by atoms with van der Waals surface area (Å²) < 4.78 is 0. The van der Waals surface area contributed by atoms with E-state index in [0.717, 1.165) is 0 Å². The molecule has 0 N–H and O–H groups in total. The van der Waals surface area contributed by atoms with E-state index in [4.69, 9.17) is 0 Å². The number of hydrogen-bond acceptors (Lipinski definition) is 0. The van der Waals surface area contributed by atoms with E-state index < -0.39 is 0 Å². The Morgan fingerprint density at radius 2 is 0.625 bits per heavy atom. The zero-order valence-corrected chi connectivity index (χ0v) is 13.8. The van der Waals surface area contributed by atoms with Crippen LogP contribution in [0.3, 0.4) is 0 Å². The number of hydrogen-bond donors (Lipinski definition) is 0. The molecule has 3 saturated carbocycles. The molecule has 0 aliphatic heterocycles. The van der Waals surface area contributed by atoms with Crippen molar-refractivity contribution in [3.05, 3.63) is 12.8 Å². The predicted molar refractivity (Wildman–Crippen MR) is 68.6 cm³/mol. The summed E-state index contributed by atoms with van der Waals surface area (Å²) in [5.74, 6) is 0. The second-order valence-electron chi connectivity index (χ2n) is 4.94. The molecule has 91 valence electrons. The minimum Gasteiger partial charge on any atom is -0.0533 e. The van der Waals surface area contributed by atoms with E-state index in [1.165, 1.54) is 83.5 Å². The molecule has 0 spiro atoms. The van der Waals surface area contributed by atoms with Gasteiger partial charge in [0.05, 0.1) is 0 Å². The average molecular weight is 297 g/mol. The molecule has 0 unspecified atom stereocenters. The maximum Gasteiger partial charge on any atom is 0 e. The smallest absolute Gasteiger partial charge is 0 e. The Kier molecular flexibility index (Phi) is 15.1. The Morgan fingerprint density at radius 3 is 0.750 bits per heavy atom. The molecule has 3 fully saturated rings. The monoisotopic (exact) mass is 297 g/mol. The largest absolute Gasteiger partial charge is 0.0533 e. The summed E-state index contributed by atoms with van der Waals surface area (Å²) in [6.45, 7) is 0. The van der Waals surface area contributed by atoms with Gasteiger partial charge >= 0.3 is 0 Å². The topological polar surface area (TPSA) is 0 Å². The maximum atomic E-state index is 2.24. The van der Waals surface area contributed by atoms with Gasteiger partial charge in [0.25, 0.3) is 0 Å². The van der Waals surface area contributed by atoms with Crippen LogP contribution >= 0.6 is 0 Å². The molecule has 0 saturated heterocycles. The Labute approximate surface area is 128 Å². The van der Waals surface area contributed by atoms with Crippen molar-refractivity contribution in [1.82, 2.24) is 0 Å². The van der Waals surface area contributed by atoms with Gasteiger partial charge in [-0.25, -0.2) is 0 Å². The summed E-state index contributed by atoms with van der Waals surface area (Å²) >= 11 is 0. The molecular formula is C15H28Y. The van der Waals surface area contributed by atoms with Crippen molar-refractivity contribution >= 4 is 0 Å². The standard InChI is InChI=1S/2C5H10.C5H8.Y/c3*1-2-4-5-3-1;/h2*1-5H2;1-2H,3-5H2;. The summed E-state index contributed by atoms with van der Waals surface area (Å²) in [6, 6.07) is 0. The summed E-state index contributed by atoms with van der Waals surface area (Å²) in [5, 5.41) is 0. The SMILES string of the molecule is C1CCCC1.C1CCCC1.[CH]1[CH]CCC1.[Y]. The fraction of sp³-hybridized carbons (Fsp3) is 0.867. The minimum atomic E-state index is 0. The van der Waals surface area contributed by atoms with Crippen molar-refractivity contribution in [1.29, 1.82) is 0 Å². The van der Waals surface area contributed by atoms with E-state index in [1.807, 2.05) is 0 Å². The van der Waals surface area contributed by atoms with Crippen LogP contribution < -0.4 is 0 Å². The Morgan fingerprint density at radius 1 is 0.375 bits per heavy atom. The van der Waals surface area contributed by atoms with Crippen LogP contribution in [-0.4, -0.2) is 0 Å². The van der Waals surface area contributed by atoms with Crippen molar-refractivity contribution < 1.29 is 32.7 Å². The first-order chi connectivity index (χ1) is 7.50. The van der Waals surface area contributed by atoms with E-state index in [1.54, 1.807) is 0 Å². The van der Waals surface area contributed by atoms with Crippen molar-refractivity contribution in [2.45, 2.75) is 83.5 Å². The average Bonchev–Trinajstić information content (AvgIpc) is 3.09. The van der Waals surface area contributed by atoms with E-state index in [2.05, 4.69) is 12.8 Å². The molecule has 0 aromatic rings. The van der Waals surface area contributed by atoms with E-state index in [-0.39, 0.29) is 32.7 Å². The third-order valence-electron chi connectivity index (χ3n) is 3.41. The van der Waals surface area contributed by atoms with Crippen LogP contribution in [0, 0.1) is 12.8 Å². The van der Waals surface area contributed by atoms with E-state index in [0.29, 0.717) is 0 Å². The second kappa shape index (κ2) is 14.2. The molecule has 0 bridgehead atoms. The molecular weight excluding hydrogens is 269 g/mol. The van der Waals surface area contributed by atoms with E-state index >= 15 is 0 Å². The van der Waals surface area contributed by atoms with Crippen LogP contribution in [0.15, 0.2) is 0 Å². The van der Waals surface area contributed by atoms with Crippen LogP contribution in [0.5, 0.6) is 0 Å². The van der Waals surface area contributed by atoms with Crippen LogP contribution in [0.25, 0.3) is 0 Å². The van der Waals surface area contributed by atoms with Gasteiger partial charge in [0, 0.05) is 32.7 Å². The summed E-state index contributed by atoms with van der Waals surface area (Å²) in [5.41, 5.74) is 0. The minimum absolute atomic E-state index is 0. The van der Waals surface area contributed by atoms with E-state index in [9.17, 15) is 0 Å². The predicted octanol–water partition coefficient (Wildman–Crippen LogP) is 5.48. The van der Waals surface area contributed by atoms with Gasteiger partial charge in [-0.15, -0.1) is 0 Å². The molecule has 3 aliphatic rings. The van der Waals surface area contributed by atoms with Crippen LogP contribution in [0.4, 0.5) is 0 Å². The maximum absolute atomic E-state index is 2.24. The molecule has 0 amide bonds. The van der Waals surface area contributed by atoms with Crippen molar-refractivity contribution in [3.8, 4) is 0 Å². The van der Waals surface area contributed by atoms with Gasteiger partial charge in [-0.05, 0) is 25.7 Å². The van der Waals surface area contributed by atoms with Gasteiger partial charge < -0.3 is 0 Å². The third kappa shape index (κ3) is 11.6. The molecule has 0 atom stereocenters. The second-order valence-corrected chi connectivity index (χ2v) is 4.94. The third-order valence-corrected chi connectivity index (χ3v) is 3.41. The van der Waals surface area contributed by atoms with Crippen molar-refractivity contribution in [2.75, 3.05) is 0 Å². The van der Waals surface area contributed by atoms with Crippen LogP contribution in [-0.2, 0) is 32.7 Å². The molecule has 3 radical (unpaired) electrons. The van der Waals surface area contributed by atoms with Gasteiger partial charge in [-0.2, -0.15) is 0 Å². The zero-order chi connectivity index (χ0) is 10.6. The van der Waals surface area contributed by atoms with Crippen LogP contribution in [0.1, 0.15) is 83.5 Å². The molecule has 3 rings (SSSR count). The summed E-state index contributed by atoms with van der Waals surface area (Å²) in [7, 11) is 0. The Balaban J connectivity index is 0.000000205. The first-order valence-corrected chi connectivity index (χ1v) is 7.15. The fourth-order valence-electron chi connectivity index (χ4n) is 2.36. The Bertz CT molecular complexity index is 64.0. The molecule has 0 heterocycles. The molecule has 3 aliphatic carbocycles. The first-order valence-electron chi connectivity index (χ1n) is 7.15. The van der Waals surface area contributed by atoms with Gasteiger partial charge in [0.15, 0.2) is 0 Å². The van der Waals surface area contributed by atoms with Gasteiger partial charge in [0.1, 0.15) is 0 Å². The van der Waals surface area contributed by atoms with Crippen molar-refractivity contribution in [2.24, 2.45) is 0 Å². The van der Waals surface area contributed by atoms with Gasteiger partial charge in [-0.3, -0.25) is 0 Å². The van der Waals surface area contributed by atoms with Gasteiger partial charge in [0.2, 0.25) is 0 Å². The molecule has 16 heavy (non-hydrogen) atoms.